The van der Waals surface area contributed by atoms with Gasteiger partial charge >= 0.3 is 5.97 Å². The van der Waals surface area contributed by atoms with Crippen LogP contribution in [-0.2, 0) is 14.3 Å². The number of benzene rings is 2. The lowest BCUT2D eigenvalue weighted by Gasteiger charge is -2.32. The van der Waals surface area contributed by atoms with Crippen molar-refractivity contribution in [3.63, 3.8) is 0 Å². The number of halogens is 1. The van der Waals surface area contributed by atoms with Crippen molar-refractivity contribution in [2.75, 3.05) is 35.7 Å². The summed E-state index contributed by atoms with van der Waals surface area (Å²) in [6, 6.07) is 12.3. The highest BCUT2D eigenvalue weighted by Gasteiger charge is 2.27. The van der Waals surface area contributed by atoms with Crippen LogP contribution in [0.25, 0.3) is 5.57 Å². The smallest absolute Gasteiger partial charge is 0.308 e. The summed E-state index contributed by atoms with van der Waals surface area (Å²) < 4.78 is 19.5. The van der Waals surface area contributed by atoms with Crippen LogP contribution in [-0.4, -0.2) is 32.1 Å². The number of anilines is 3. The number of esters is 1. The first-order valence-electron chi connectivity index (χ1n) is 9.56. The predicted molar refractivity (Wildman–Crippen MR) is 110 cm³/mol. The average Bonchev–Trinajstić information content (AvgIpc) is 3.07. The Morgan fingerprint density at radius 2 is 2.00 bits per heavy atom. The first-order valence-corrected chi connectivity index (χ1v) is 9.56. The van der Waals surface area contributed by atoms with Gasteiger partial charge in [0.1, 0.15) is 5.82 Å². The fourth-order valence-electron chi connectivity index (χ4n) is 3.81. The number of nitrogens with zero attached hydrogens (tertiary/aromatic N) is 1. The number of para-hydroxylation sites is 1. The van der Waals surface area contributed by atoms with Gasteiger partial charge in [-0.15, -0.1) is 0 Å². The molecule has 4 rings (SSSR count). The molecule has 0 radical (unpaired) electrons. The zero-order valence-corrected chi connectivity index (χ0v) is 16.1. The minimum absolute atomic E-state index is 0.118. The normalized spacial score (nSPS) is 17.8. The summed E-state index contributed by atoms with van der Waals surface area (Å²) in [4.78, 5) is 25.7. The minimum atomic E-state index is -0.346. The number of hydrogen-bond acceptors (Lipinski definition) is 5. The van der Waals surface area contributed by atoms with Gasteiger partial charge in [-0.25, -0.2) is 4.39 Å². The third-order valence-corrected chi connectivity index (χ3v) is 5.41. The lowest BCUT2D eigenvalue weighted by Crippen LogP contribution is -2.37. The standard InChI is InChI=1S/C22H22FN3O3/c1-29-22(28)14-8-10-26(11-9-14)20-7-6-15(12-18(20)23)24-13-17-16-4-2-3-5-19(16)25-21(17)27/h2-7,12-14,24H,8-11H2,1H3,(H,25,27). The van der Waals surface area contributed by atoms with Gasteiger partial charge in [0.15, 0.2) is 0 Å². The Morgan fingerprint density at radius 3 is 2.72 bits per heavy atom. The van der Waals surface area contributed by atoms with E-state index in [4.69, 9.17) is 4.74 Å². The zero-order valence-electron chi connectivity index (χ0n) is 16.1. The molecule has 0 aromatic heterocycles. The van der Waals surface area contributed by atoms with Gasteiger partial charge in [0.25, 0.3) is 5.91 Å². The van der Waals surface area contributed by atoms with Crippen LogP contribution in [0, 0.1) is 11.7 Å². The highest BCUT2D eigenvalue weighted by molar-refractivity contribution is 6.31. The summed E-state index contributed by atoms with van der Waals surface area (Å²) in [6.07, 6.45) is 2.89. The van der Waals surface area contributed by atoms with Gasteiger partial charge in [-0.1, -0.05) is 18.2 Å². The SMILES string of the molecule is COC(=O)C1CCN(c2ccc(NC=C3C(=O)Nc4ccccc43)cc2F)CC1. The van der Waals surface area contributed by atoms with Crippen LogP contribution in [0.3, 0.4) is 0 Å². The first kappa shape index (κ1) is 19.0. The molecule has 0 spiro atoms. The molecule has 6 nitrogen and oxygen atoms in total. The monoisotopic (exact) mass is 395 g/mol. The van der Waals surface area contributed by atoms with Crippen LogP contribution < -0.4 is 15.5 Å². The van der Waals surface area contributed by atoms with E-state index >= 15 is 0 Å². The largest absolute Gasteiger partial charge is 0.469 e. The molecular formula is C22H22FN3O3. The molecule has 7 heteroatoms. The molecule has 1 saturated heterocycles. The molecule has 2 aromatic carbocycles. The maximum absolute atomic E-state index is 14.7. The highest BCUT2D eigenvalue weighted by Crippen LogP contribution is 2.32. The summed E-state index contributed by atoms with van der Waals surface area (Å²) in [5, 5.41) is 5.82. The Bertz CT molecular complexity index is 981. The molecular weight excluding hydrogens is 373 g/mol. The van der Waals surface area contributed by atoms with Gasteiger partial charge in [0.05, 0.1) is 24.3 Å². The van der Waals surface area contributed by atoms with Crippen molar-refractivity contribution in [3.05, 3.63) is 60.0 Å². The maximum atomic E-state index is 14.7. The van der Waals surface area contributed by atoms with E-state index in [9.17, 15) is 14.0 Å². The van der Waals surface area contributed by atoms with E-state index in [1.165, 1.54) is 13.2 Å². The Kier molecular flexibility index (Phi) is 5.20. The van der Waals surface area contributed by atoms with Crippen LogP contribution in [0.5, 0.6) is 0 Å². The van der Waals surface area contributed by atoms with Crippen molar-refractivity contribution in [1.82, 2.24) is 0 Å². The van der Waals surface area contributed by atoms with E-state index in [1.54, 1.807) is 18.3 Å². The number of nitrogens with one attached hydrogen (secondary N) is 2. The second-order valence-corrected chi connectivity index (χ2v) is 7.15. The summed E-state index contributed by atoms with van der Waals surface area (Å²) in [5.74, 6) is -0.854. The topological polar surface area (TPSA) is 70.7 Å². The molecule has 2 N–H and O–H groups in total. The number of amides is 1. The molecule has 29 heavy (non-hydrogen) atoms. The van der Waals surface area contributed by atoms with Gasteiger partial charge in [-0.3, -0.25) is 9.59 Å². The van der Waals surface area contributed by atoms with Crippen molar-refractivity contribution >= 4 is 34.5 Å². The highest BCUT2D eigenvalue weighted by atomic mass is 19.1. The molecule has 1 amide bonds. The molecule has 2 aliphatic rings. The van der Waals surface area contributed by atoms with Crippen LogP contribution in [0.1, 0.15) is 18.4 Å². The quantitative estimate of drug-likeness (QED) is 0.611. The van der Waals surface area contributed by atoms with Crippen LogP contribution in [0.4, 0.5) is 21.5 Å². The van der Waals surface area contributed by atoms with Crippen molar-refractivity contribution < 1.29 is 18.7 Å². The number of ether oxygens (including phenoxy) is 1. The maximum Gasteiger partial charge on any atom is 0.308 e. The van der Waals surface area contributed by atoms with Crippen molar-refractivity contribution in [3.8, 4) is 0 Å². The van der Waals surface area contributed by atoms with E-state index < -0.39 is 0 Å². The first-order chi connectivity index (χ1) is 14.1. The van der Waals surface area contributed by atoms with Crippen molar-refractivity contribution in [2.45, 2.75) is 12.8 Å². The molecule has 0 bridgehead atoms. The summed E-state index contributed by atoms with van der Waals surface area (Å²) in [5.41, 5.74) is 3.16. The van der Waals surface area contributed by atoms with Crippen LogP contribution in [0.2, 0.25) is 0 Å². The molecule has 0 aliphatic carbocycles. The summed E-state index contributed by atoms with van der Waals surface area (Å²) in [7, 11) is 1.39. The molecule has 0 saturated carbocycles. The fraction of sp³-hybridized carbons (Fsp3) is 0.273. The van der Waals surface area contributed by atoms with E-state index in [0.717, 1.165) is 11.3 Å². The van der Waals surface area contributed by atoms with Crippen molar-refractivity contribution in [2.24, 2.45) is 5.92 Å². The minimum Gasteiger partial charge on any atom is -0.469 e. The Hall–Kier alpha value is -3.35. The fourth-order valence-corrected chi connectivity index (χ4v) is 3.81. The van der Waals surface area contributed by atoms with Gasteiger partial charge in [-0.05, 0) is 37.1 Å². The van der Waals surface area contributed by atoms with Crippen LogP contribution in [0.15, 0.2) is 48.7 Å². The van der Waals surface area contributed by atoms with Gasteiger partial charge in [0, 0.05) is 36.2 Å². The van der Waals surface area contributed by atoms with E-state index in [2.05, 4.69) is 10.6 Å². The average molecular weight is 395 g/mol. The second kappa shape index (κ2) is 7.95. The summed E-state index contributed by atoms with van der Waals surface area (Å²) in [6.45, 7) is 1.20. The molecule has 2 aromatic rings. The summed E-state index contributed by atoms with van der Waals surface area (Å²) >= 11 is 0. The number of rotatable bonds is 4. The Balaban J connectivity index is 1.45. The number of methoxy groups -OCH3 is 1. The second-order valence-electron chi connectivity index (χ2n) is 7.15. The Morgan fingerprint density at radius 1 is 1.24 bits per heavy atom. The Labute approximate surface area is 168 Å². The van der Waals surface area contributed by atoms with Gasteiger partial charge in [0.2, 0.25) is 0 Å². The third-order valence-electron chi connectivity index (χ3n) is 5.41. The van der Waals surface area contributed by atoms with Crippen molar-refractivity contribution in [1.29, 1.82) is 0 Å². The van der Waals surface area contributed by atoms with Gasteiger partial charge in [-0.2, -0.15) is 0 Å². The molecule has 2 heterocycles. The molecule has 0 unspecified atom stereocenters. The number of fused-ring (bicyclic) bond motifs is 1. The van der Waals surface area contributed by atoms with Crippen LogP contribution >= 0.6 is 0 Å². The van der Waals surface area contributed by atoms with E-state index in [0.29, 0.717) is 42.9 Å². The zero-order chi connectivity index (χ0) is 20.4. The molecule has 2 aliphatic heterocycles. The van der Waals surface area contributed by atoms with E-state index in [1.807, 2.05) is 29.2 Å². The number of carbonyl (C=O) groups is 2. The number of hydrogen-bond donors (Lipinski definition) is 2. The molecule has 1 fully saturated rings. The third kappa shape index (κ3) is 3.81. The van der Waals surface area contributed by atoms with E-state index in [-0.39, 0.29) is 23.6 Å². The molecule has 150 valence electrons. The lowest BCUT2D eigenvalue weighted by molar-refractivity contribution is -0.146. The number of carbonyl (C=O) groups excluding carboxylic acids is 2. The lowest BCUT2D eigenvalue weighted by atomic mass is 9.96. The number of piperidine rings is 1. The molecule has 0 atom stereocenters. The van der Waals surface area contributed by atoms with Gasteiger partial charge < -0.3 is 20.3 Å². The predicted octanol–water partition coefficient (Wildman–Crippen LogP) is 3.62.